The molecule has 3 heteroatoms. The predicted octanol–water partition coefficient (Wildman–Crippen LogP) is 4.34. The molecule has 4 saturated carbocycles. The third kappa shape index (κ3) is 1.84. The van der Waals surface area contributed by atoms with Gasteiger partial charge in [-0.25, -0.2) is 0 Å². The molecule has 0 bridgehead atoms. The van der Waals surface area contributed by atoms with Crippen LogP contribution in [-0.4, -0.2) is 24.8 Å². The zero-order chi connectivity index (χ0) is 16.6. The highest BCUT2D eigenvalue weighted by molar-refractivity contribution is 5.79. The lowest BCUT2D eigenvalue weighted by Gasteiger charge is -2.60. The minimum atomic E-state index is -0.275. The van der Waals surface area contributed by atoms with E-state index in [0.29, 0.717) is 17.1 Å². The van der Waals surface area contributed by atoms with E-state index in [0.717, 1.165) is 56.7 Å². The van der Waals surface area contributed by atoms with E-state index in [-0.39, 0.29) is 11.2 Å². The molecule has 6 atom stereocenters. The Morgan fingerprint density at radius 1 is 0.917 bits per heavy atom. The van der Waals surface area contributed by atoms with Crippen LogP contribution < -0.4 is 0 Å². The van der Waals surface area contributed by atoms with Crippen molar-refractivity contribution in [1.29, 1.82) is 0 Å². The number of ether oxygens (including phenoxy) is 2. The molecule has 1 saturated heterocycles. The van der Waals surface area contributed by atoms with E-state index < -0.39 is 0 Å². The molecule has 0 unspecified atom stereocenters. The maximum absolute atomic E-state index is 12.0. The second-order valence-electron chi connectivity index (χ2n) is 9.84. The molecule has 0 aromatic carbocycles. The van der Waals surface area contributed by atoms with E-state index in [2.05, 4.69) is 13.8 Å². The van der Waals surface area contributed by atoms with Crippen LogP contribution in [0.4, 0.5) is 0 Å². The molecule has 0 N–H and O–H groups in total. The summed E-state index contributed by atoms with van der Waals surface area (Å²) < 4.78 is 12.5. The highest BCUT2D eigenvalue weighted by Crippen LogP contribution is 2.69. The number of Topliss-reactive ketones (excluding diaryl/α,β-unsaturated/α-hetero) is 1. The fourth-order valence-electron chi connectivity index (χ4n) is 7.93. The van der Waals surface area contributed by atoms with Gasteiger partial charge in [0.2, 0.25) is 0 Å². The summed E-state index contributed by atoms with van der Waals surface area (Å²) in [6.45, 7) is 6.54. The van der Waals surface area contributed by atoms with Gasteiger partial charge in [0.1, 0.15) is 5.78 Å². The summed E-state index contributed by atoms with van der Waals surface area (Å²) in [4.78, 5) is 12.0. The molecule has 5 fully saturated rings. The van der Waals surface area contributed by atoms with Gasteiger partial charge in [0, 0.05) is 24.7 Å². The van der Waals surface area contributed by atoms with Crippen molar-refractivity contribution in [3.8, 4) is 0 Å². The Balaban J connectivity index is 1.46. The van der Waals surface area contributed by atoms with Gasteiger partial charge >= 0.3 is 0 Å². The molecule has 0 aromatic rings. The Kier molecular flexibility index (Phi) is 3.34. The predicted molar refractivity (Wildman–Crippen MR) is 91.4 cm³/mol. The molecule has 3 nitrogen and oxygen atoms in total. The van der Waals surface area contributed by atoms with Gasteiger partial charge in [-0.2, -0.15) is 0 Å². The summed E-state index contributed by atoms with van der Waals surface area (Å²) in [6, 6.07) is 0. The SMILES string of the molecule is C[C@@]12CCC(=O)C[C@H]1CC[C@H]1[C@H]3CCC4(OCCO4)[C@]3(C)CC[C@@H]12. The maximum atomic E-state index is 12.0. The van der Waals surface area contributed by atoms with Crippen molar-refractivity contribution in [2.45, 2.75) is 77.4 Å². The van der Waals surface area contributed by atoms with E-state index in [1.165, 1.54) is 32.1 Å². The summed E-state index contributed by atoms with van der Waals surface area (Å²) in [5, 5.41) is 0. The molecule has 24 heavy (non-hydrogen) atoms. The lowest BCUT2D eigenvalue weighted by Crippen LogP contribution is -2.56. The number of hydrogen-bond acceptors (Lipinski definition) is 3. The van der Waals surface area contributed by atoms with Crippen molar-refractivity contribution in [2.75, 3.05) is 13.2 Å². The Hall–Kier alpha value is -0.410. The second kappa shape index (κ2) is 5.07. The van der Waals surface area contributed by atoms with Gasteiger partial charge in [-0.3, -0.25) is 4.79 Å². The number of ketones is 1. The molecular formula is C21H32O3. The number of carbonyl (C=O) groups is 1. The van der Waals surface area contributed by atoms with Gasteiger partial charge in [0.05, 0.1) is 13.2 Å². The van der Waals surface area contributed by atoms with E-state index in [1.807, 2.05) is 0 Å². The van der Waals surface area contributed by atoms with Gasteiger partial charge in [-0.15, -0.1) is 0 Å². The van der Waals surface area contributed by atoms with E-state index in [1.54, 1.807) is 0 Å². The molecule has 134 valence electrons. The quantitative estimate of drug-likeness (QED) is 0.662. The lowest BCUT2D eigenvalue weighted by molar-refractivity contribution is -0.246. The highest BCUT2D eigenvalue weighted by Gasteiger charge is 2.67. The largest absolute Gasteiger partial charge is 0.347 e. The van der Waals surface area contributed by atoms with Crippen LogP contribution in [0.25, 0.3) is 0 Å². The Morgan fingerprint density at radius 2 is 1.67 bits per heavy atom. The normalized spacial score (nSPS) is 52.8. The third-order valence-corrected chi connectivity index (χ3v) is 9.28. The monoisotopic (exact) mass is 332 g/mol. The molecule has 4 aliphatic carbocycles. The van der Waals surface area contributed by atoms with Crippen molar-refractivity contribution in [1.82, 2.24) is 0 Å². The summed E-state index contributed by atoms with van der Waals surface area (Å²) in [7, 11) is 0. The summed E-state index contributed by atoms with van der Waals surface area (Å²) in [5.41, 5.74) is 0.615. The van der Waals surface area contributed by atoms with Crippen LogP contribution in [0.15, 0.2) is 0 Å². The van der Waals surface area contributed by atoms with E-state index in [9.17, 15) is 4.79 Å². The molecular weight excluding hydrogens is 300 g/mol. The minimum absolute atomic E-state index is 0.207. The first-order valence-electron chi connectivity index (χ1n) is 10.3. The molecule has 1 aliphatic heterocycles. The maximum Gasteiger partial charge on any atom is 0.174 e. The minimum Gasteiger partial charge on any atom is -0.347 e. The van der Waals surface area contributed by atoms with Crippen molar-refractivity contribution in [3.05, 3.63) is 0 Å². The summed E-state index contributed by atoms with van der Waals surface area (Å²) >= 11 is 0. The van der Waals surface area contributed by atoms with Crippen LogP contribution in [-0.2, 0) is 14.3 Å². The number of carbonyl (C=O) groups excluding carboxylic acids is 1. The Bertz CT molecular complexity index is 551. The van der Waals surface area contributed by atoms with Crippen molar-refractivity contribution >= 4 is 5.78 Å². The third-order valence-electron chi connectivity index (χ3n) is 9.28. The smallest absolute Gasteiger partial charge is 0.174 e. The van der Waals surface area contributed by atoms with Crippen molar-refractivity contribution in [2.24, 2.45) is 34.5 Å². The fraction of sp³-hybridized carbons (Fsp3) is 0.952. The summed E-state index contributed by atoms with van der Waals surface area (Å²) in [5.74, 6) is 3.29. The van der Waals surface area contributed by atoms with Gasteiger partial charge in [0.15, 0.2) is 5.79 Å². The first-order valence-corrected chi connectivity index (χ1v) is 10.3. The van der Waals surface area contributed by atoms with Crippen LogP contribution in [0.5, 0.6) is 0 Å². The zero-order valence-electron chi connectivity index (χ0n) is 15.3. The first kappa shape index (κ1) is 15.8. The molecule has 1 spiro atoms. The van der Waals surface area contributed by atoms with E-state index in [4.69, 9.17) is 9.47 Å². The van der Waals surface area contributed by atoms with E-state index >= 15 is 0 Å². The number of fused-ring (bicyclic) bond motifs is 6. The number of hydrogen-bond donors (Lipinski definition) is 0. The number of rotatable bonds is 0. The fourth-order valence-corrected chi connectivity index (χ4v) is 7.93. The van der Waals surface area contributed by atoms with Crippen LogP contribution in [0.2, 0.25) is 0 Å². The molecule has 1 heterocycles. The van der Waals surface area contributed by atoms with Crippen LogP contribution in [0.1, 0.15) is 71.6 Å². The Labute approximate surface area is 145 Å². The average Bonchev–Trinajstić information content (AvgIpc) is 3.15. The average molecular weight is 332 g/mol. The molecule has 5 rings (SSSR count). The van der Waals surface area contributed by atoms with Gasteiger partial charge < -0.3 is 9.47 Å². The standard InChI is InChI=1S/C21H32O3/c1-19-8-5-15(22)13-14(19)3-4-16-17(19)6-9-20(2)18(16)7-10-21(20)23-11-12-24-21/h14,16-18H,3-13H2,1-2H3/t14-,16-,17+,18-,19-,20-/m1/s1. The van der Waals surface area contributed by atoms with Crippen LogP contribution in [0, 0.1) is 34.5 Å². The van der Waals surface area contributed by atoms with Crippen molar-refractivity contribution < 1.29 is 14.3 Å². The topological polar surface area (TPSA) is 35.5 Å². The van der Waals surface area contributed by atoms with Crippen LogP contribution in [0.3, 0.4) is 0 Å². The molecule has 0 radical (unpaired) electrons. The van der Waals surface area contributed by atoms with Gasteiger partial charge in [-0.1, -0.05) is 13.8 Å². The molecule has 0 amide bonds. The highest BCUT2D eigenvalue weighted by atomic mass is 16.7. The van der Waals surface area contributed by atoms with Crippen molar-refractivity contribution in [3.63, 3.8) is 0 Å². The van der Waals surface area contributed by atoms with Crippen LogP contribution >= 0.6 is 0 Å². The van der Waals surface area contributed by atoms with Gasteiger partial charge in [-0.05, 0) is 67.6 Å². The van der Waals surface area contributed by atoms with Gasteiger partial charge in [0.25, 0.3) is 0 Å². The summed E-state index contributed by atoms with van der Waals surface area (Å²) in [6.07, 6.45) is 10.3. The molecule has 5 aliphatic rings. The zero-order valence-corrected chi connectivity index (χ0v) is 15.3. The molecule has 0 aromatic heterocycles. The second-order valence-corrected chi connectivity index (χ2v) is 9.84. The lowest BCUT2D eigenvalue weighted by atomic mass is 9.45. The Morgan fingerprint density at radius 3 is 2.46 bits per heavy atom. The first-order chi connectivity index (χ1) is 11.5.